The van der Waals surface area contributed by atoms with E-state index in [0.717, 1.165) is 5.56 Å². The highest BCUT2D eigenvalue weighted by atomic mass is 32.2. The molecule has 0 aliphatic rings. The number of rotatable bonds is 2. The summed E-state index contributed by atoms with van der Waals surface area (Å²) in [6.07, 6.45) is 0. The largest absolute Gasteiger partial charge is 0.306 e. The lowest BCUT2D eigenvalue weighted by Gasteiger charge is -1.97. The summed E-state index contributed by atoms with van der Waals surface area (Å²) in [6, 6.07) is 6.96. The minimum atomic E-state index is -1.78. The molecule has 2 nitrogen and oxygen atoms in total. The molecule has 0 spiro atoms. The van der Waals surface area contributed by atoms with Crippen molar-refractivity contribution in [1.29, 1.82) is 0 Å². The summed E-state index contributed by atoms with van der Waals surface area (Å²) in [5.74, 6) is 0.144. The Morgan fingerprint density at radius 3 is 2.82 bits per heavy atom. The second-order valence-corrected chi connectivity index (χ2v) is 3.14. The fourth-order valence-corrected chi connectivity index (χ4v) is 1.29. The van der Waals surface area contributed by atoms with Gasteiger partial charge in [-0.05, 0) is 5.56 Å². The Balaban J connectivity index is 2.79. The van der Waals surface area contributed by atoms with Crippen molar-refractivity contribution in [1.82, 2.24) is 0 Å². The molecule has 0 saturated carbocycles. The molecule has 1 rings (SSSR count). The SMILES string of the molecule is [B]c1cccc(CS(=O)O)c1. The van der Waals surface area contributed by atoms with Gasteiger partial charge in [-0.2, -0.15) is 0 Å². The Morgan fingerprint density at radius 1 is 1.55 bits per heavy atom. The first-order valence-corrected chi connectivity index (χ1v) is 4.38. The molecule has 1 atom stereocenters. The average Bonchev–Trinajstić information content (AvgIpc) is 1.85. The summed E-state index contributed by atoms with van der Waals surface area (Å²) in [7, 11) is 5.45. The molecular weight excluding hydrogens is 159 g/mol. The second-order valence-electron chi connectivity index (χ2n) is 2.21. The van der Waals surface area contributed by atoms with Crippen LogP contribution in [0, 0.1) is 0 Å². The fraction of sp³-hybridized carbons (Fsp3) is 0.143. The van der Waals surface area contributed by atoms with Crippen LogP contribution in [0.4, 0.5) is 0 Å². The first-order valence-electron chi connectivity index (χ1n) is 3.10. The van der Waals surface area contributed by atoms with Crippen molar-refractivity contribution in [3.8, 4) is 0 Å². The van der Waals surface area contributed by atoms with E-state index in [0.29, 0.717) is 5.46 Å². The Labute approximate surface area is 69.3 Å². The standard InChI is InChI=1S/C7H7BO2S/c8-7-3-1-2-6(4-7)5-11(9)10/h1-4H,5H2,(H,9,10). The molecule has 0 aromatic heterocycles. The van der Waals surface area contributed by atoms with E-state index in [1.165, 1.54) is 0 Å². The van der Waals surface area contributed by atoms with Crippen LogP contribution in [0.2, 0.25) is 0 Å². The molecule has 0 amide bonds. The summed E-state index contributed by atoms with van der Waals surface area (Å²) in [6.45, 7) is 0. The van der Waals surface area contributed by atoms with Gasteiger partial charge in [0.1, 0.15) is 7.85 Å². The summed E-state index contributed by atoms with van der Waals surface area (Å²) >= 11 is -1.78. The predicted molar refractivity (Wildman–Crippen MR) is 46.3 cm³/mol. The van der Waals surface area contributed by atoms with Crippen molar-refractivity contribution in [2.24, 2.45) is 0 Å². The monoisotopic (exact) mass is 166 g/mol. The lowest BCUT2D eigenvalue weighted by Crippen LogP contribution is -2.03. The lowest BCUT2D eigenvalue weighted by molar-refractivity contribution is 0.563. The molecule has 1 unspecified atom stereocenters. The van der Waals surface area contributed by atoms with Gasteiger partial charge in [-0.25, -0.2) is 4.21 Å². The van der Waals surface area contributed by atoms with Crippen molar-refractivity contribution >= 4 is 24.4 Å². The van der Waals surface area contributed by atoms with Gasteiger partial charge in [-0.1, -0.05) is 29.7 Å². The van der Waals surface area contributed by atoms with E-state index in [9.17, 15) is 4.21 Å². The van der Waals surface area contributed by atoms with E-state index >= 15 is 0 Å². The van der Waals surface area contributed by atoms with Crippen LogP contribution in [-0.4, -0.2) is 16.6 Å². The molecule has 0 fully saturated rings. The van der Waals surface area contributed by atoms with E-state index < -0.39 is 11.1 Å². The van der Waals surface area contributed by atoms with Crippen LogP contribution in [0.15, 0.2) is 24.3 Å². The van der Waals surface area contributed by atoms with Gasteiger partial charge in [-0.15, -0.1) is 0 Å². The van der Waals surface area contributed by atoms with Crippen LogP contribution in [0.1, 0.15) is 5.56 Å². The van der Waals surface area contributed by atoms with E-state index in [1.54, 1.807) is 24.3 Å². The zero-order valence-electron chi connectivity index (χ0n) is 5.86. The molecule has 1 N–H and O–H groups in total. The zero-order chi connectivity index (χ0) is 8.27. The third-order valence-electron chi connectivity index (χ3n) is 1.24. The van der Waals surface area contributed by atoms with Crippen LogP contribution in [0.25, 0.3) is 0 Å². The maximum atomic E-state index is 10.4. The summed E-state index contributed by atoms with van der Waals surface area (Å²) in [5.41, 5.74) is 1.40. The van der Waals surface area contributed by atoms with Gasteiger partial charge < -0.3 is 4.55 Å². The van der Waals surface area contributed by atoms with Gasteiger partial charge in [0.05, 0.1) is 5.75 Å². The summed E-state index contributed by atoms with van der Waals surface area (Å²) < 4.78 is 18.9. The van der Waals surface area contributed by atoms with Gasteiger partial charge in [0, 0.05) is 0 Å². The highest BCUT2D eigenvalue weighted by Crippen LogP contribution is 1.98. The number of benzene rings is 1. The summed E-state index contributed by atoms with van der Waals surface area (Å²) in [5, 5.41) is 0. The molecule has 0 bridgehead atoms. The molecule has 0 saturated heterocycles. The van der Waals surface area contributed by atoms with Gasteiger partial charge in [0.15, 0.2) is 11.1 Å². The van der Waals surface area contributed by atoms with E-state index in [1.807, 2.05) is 0 Å². The Hall–Kier alpha value is -0.605. The van der Waals surface area contributed by atoms with Crippen molar-refractivity contribution in [3.05, 3.63) is 29.8 Å². The van der Waals surface area contributed by atoms with Crippen molar-refractivity contribution in [2.45, 2.75) is 5.75 Å². The van der Waals surface area contributed by atoms with Crippen LogP contribution in [0.5, 0.6) is 0 Å². The second kappa shape index (κ2) is 3.69. The molecule has 4 heteroatoms. The molecule has 0 aliphatic heterocycles. The number of hydrogen-bond acceptors (Lipinski definition) is 1. The quantitative estimate of drug-likeness (QED) is 0.503. The zero-order valence-corrected chi connectivity index (χ0v) is 6.67. The molecule has 2 radical (unpaired) electrons. The van der Waals surface area contributed by atoms with E-state index in [4.69, 9.17) is 12.4 Å². The van der Waals surface area contributed by atoms with Crippen LogP contribution >= 0.6 is 0 Å². The van der Waals surface area contributed by atoms with Crippen LogP contribution < -0.4 is 5.46 Å². The Bertz CT molecular complexity index is 275. The number of hydrogen-bond donors (Lipinski definition) is 1. The highest BCUT2D eigenvalue weighted by Gasteiger charge is 1.96. The molecule has 1 aromatic carbocycles. The lowest BCUT2D eigenvalue weighted by atomic mass is 9.95. The van der Waals surface area contributed by atoms with Crippen molar-refractivity contribution in [3.63, 3.8) is 0 Å². The Morgan fingerprint density at radius 2 is 2.27 bits per heavy atom. The molecule has 1 aromatic rings. The average molecular weight is 166 g/mol. The van der Waals surface area contributed by atoms with E-state index in [2.05, 4.69) is 0 Å². The molecule has 0 heterocycles. The summed E-state index contributed by atoms with van der Waals surface area (Å²) in [4.78, 5) is 0. The fourth-order valence-electron chi connectivity index (χ4n) is 0.825. The molecule has 0 aliphatic carbocycles. The van der Waals surface area contributed by atoms with E-state index in [-0.39, 0.29) is 5.75 Å². The van der Waals surface area contributed by atoms with Crippen molar-refractivity contribution in [2.75, 3.05) is 0 Å². The predicted octanol–water partition coefficient (Wildman–Crippen LogP) is 0.202. The topological polar surface area (TPSA) is 37.3 Å². The van der Waals surface area contributed by atoms with Crippen LogP contribution in [-0.2, 0) is 16.8 Å². The first kappa shape index (κ1) is 8.49. The van der Waals surface area contributed by atoms with Gasteiger partial charge in [0.25, 0.3) is 0 Å². The normalized spacial score (nSPS) is 12.8. The third kappa shape index (κ3) is 2.86. The van der Waals surface area contributed by atoms with Gasteiger partial charge in [-0.3, -0.25) is 0 Å². The van der Waals surface area contributed by atoms with Gasteiger partial charge >= 0.3 is 0 Å². The molecule has 56 valence electrons. The molecule has 11 heavy (non-hydrogen) atoms. The minimum Gasteiger partial charge on any atom is -0.306 e. The van der Waals surface area contributed by atoms with Gasteiger partial charge in [0.2, 0.25) is 0 Å². The highest BCUT2D eigenvalue weighted by molar-refractivity contribution is 7.78. The first-order chi connectivity index (χ1) is 5.18. The van der Waals surface area contributed by atoms with Crippen LogP contribution in [0.3, 0.4) is 0 Å². The van der Waals surface area contributed by atoms with Crippen molar-refractivity contribution < 1.29 is 8.76 Å². The maximum absolute atomic E-state index is 10.4. The third-order valence-corrected chi connectivity index (χ3v) is 1.82. The minimum absolute atomic E-state index is 0.144. The Kier molecular flexibility index (Phi) is 2.85. The smallest absolute Gasteiger partial charge is 0.157 e. The maximum Gasteiger partial charge on any atom is 0.157 e. The molecular formula is C7H7BO2S.